The van der Waals surface area contributed by atoms with Gasteiger partial charge in [-0.05, 0) is 40.3 Å². The van der Waals surface area contributed by atoms with Gasteiger partial charge in [-0.15, -0.1) is 0 Å². The highest BCUT2D eigenvalue weighted by Crippen LogP contribution is 2.56. The van der Waals surface area contributed by atoms with Gasteiger partial charge in [0.15, 0.2) is 0 Å². The van der Waals surface area contributed by atoms with E-state index in [-0.39, 0.29) is 6.61 Å². The predicted octanol–water partition coefficient (Wildman–Crippen LogP) is 4.90. The molecule has 5 rings (SSSR count). The van der Waals surface area contributed by atoms with E-state index in [9.17, 15) is 9.59 Å². The Labute approximate surface area is 186 Å². The van der Waals surface area contributed by atoms with Crippen molar-refractivity contribution >= 4 is 12.1 Å². The van der Waals surface area contributed by atoms with Gasteiger partial charge < -0.3 is 9.47 Å². The lowest BCUT2D eigenvalue weighted by atomic mass is 9.78. The van der Waals surface area contributed by atoms with Crippen LogP contribution in [-0.4, -0.2) is 36.7 Å². The number of nitrogens with zero attached hydrogens (tertiary/aromatic N) is 1. The third kappa shape index (κ3) is 2.78. The Bertz CT molecular complexity index is 1190. The van der Waals surface area contributed by atoms with Crippen LogP contribution in [0.2, 0.25) is 0 Å². The van der Waals surface area contributed by atoms with Crippen molar-refractivity contribution in [2.45, 2.75) is 18.5 Å². The number of cyclic esters (lactones) is 1. The normalized spacial score (nSPS) is 18.7. The molecule has 3 aromatic carbocycles. The molecule has 0 saturated carbocycles. The van der Waals surface area contributed by atoms with E-state index in [2.05, 4.69) is 24.3 Å². The first-order valence-corrected chi connectivity index (χ1v) is 10.6. The number of ether oxygens (including phenoxy) is 2. The molecule has 0 spiro atoms. The van der Waals surface area contributed by atoms with E-state index in [4.69, 9.17) is 9.47 Å². The van der Waals surface area contributed by atoms with Gasteiger partial charge in [0.2, 0.25) is 0 Å². The van der Waals surface area contributed by atoms with Crippen molar-refractivity contribution in [2.24, 2.45) is 0 Å². The number of hydrogen-bond acceptors (Lipinski definition) is 4. The Morgan fingerprint density at radius 2 is 1.53 bits per heavy atom. The number of esters is 1. The van der Waals surface area contributed by atoms with E-state index in [1.807, 2.05) is 61.5 Å². The minimum Gasteiger partial charge on any atom is -0.466 e. The fourth-order valence-electron chi connectivity index (χ4n) is 5.07. The number of rotatable bonds is 4. The summed E-state index contributed by atoms with van der Waals surface area (Å²) in [5, 5.41) is 0. The SMILES string of the molecule is COC(=O)/C=C(\C)C1COC(=O)N1C1(c2ccccc2)c2ccccc2-c2ccccc21. The van der Waals surface area contributed by atoms with Gasteiger partial charge in [0.05, 0.1) is 13.2 Å². The number of carbonyl (C=O) groups excluding carboxylic acids is 2. The molecule has 1 unspecified atom stereocenters. The molecule has 1 saturated heterocycles. The van der Waals surface area contributed by atoms with Crippen LogP contribution in [0.15, 0.2) is 90.5 Å². The molecular weight excluding hydrogens is 402 g/mol. The maximum absolute atomic E-state index is 13.4. The third-order valence-corrected chi connectivity index (χ3v) is 6.42. The van der Waals surface area contributed by atoms with Crippen molar-refractivity contribution in [2.75, 3.05) is 13.7 Å². The van der Waals surface area contributed by atoms with E-state index in [0.29, 0.717) is 5.57 Å². The molecule has 1 aliphatic heterocycles. The van der Waals surface area contributed by atoms with Crippen molar-refractivity contribution in [1.29, 1.82) is 0 Å². The summed E-state index contributed by atoms with van der Waals surface area (Å²) in [5.41, 5.74) is 4.98. The van der Waals surface area contributed by atoms with Gasteiger partial charge in [-0.25, -0.2) is 9.59 Å². The zero-order chi connectivity index (χ0) is 22.3. The number of carbonyl (C=O) groups is 2. The lowest BCUT2D eigenvalue weighted by molar-refractivity contribution is -0.134. The first-order valence-electron chi connectivity index (χ1n) is 10.6. The minimum atomic E-state index is -0.891. The second-order valence-electron chi connectivity index (χ2n) is 8.04. The first kappa shape index (κ1) is 20.1. The Morgan fingerprint density at radius 1 is 0.969 bits per heavy atom. The van der Waals surface area contributed by atoms with E-state index in [1.165, 1.54) is 13.2 Å². The Balaban J connectivity index is 1.83. The Hall–Kier alpha value is -3.86. The van der Waals surface area contributed by atoms with E-state index in [1.54, 1.807) is 4.90 Å². The van der Waals surface area contributed by atoms with Crippen LogP contribution in [0.3, 0.4) is 0 Å². The lowest BCUT2D eigenvalue weighted by Crippen LogP contribution is -2.52. The third-order valence-electron chi connectivity index (χ3n) is 6.42. The smallest absolute Gasteiger partial charge is 0.411 e. The van der Waals surface area contributed by atoms with Crippen molar-refractivity contribution < 1.29 is 19.1 Å². The summed E-state index contributed by atoms with van der Waals surface area (Å²) in [6.07, 6.45) is 1.02. The van der Waals surface area contributed by atoms with Gasteiger partial charge in [0.1, 0.15) is 12.1 Å². The maximum Gasteiger partial charge on any atom is 0.411 e. The molecule has 32 heavy (non-hydrogen) atoms. The Morgan fingerprint density at radius 3 is 2.12 bits per heavy atom. The monoisotopic (exact) mass is 425 g/mol. The van der Waals surface area contributed by atoms with Crippen LogP contribution in [0, 0.1) is 0 Å². The topological polar surface area (TPSA) is 55.8 Å². The van der Waals surface area contributed by atoms with Crippen LogP contribution in [-0.2, 0) is 19.8 Å². The largest absolute Gasteiger partial charge is 0.466 e. The number of fused-ring (bicyclic) bond motifs is 3. The first-order chi connectivity index (χ1) is 15.6. The highest BCUT2D eigenvalue weighted by Gasteiger charge is 2.56. The average molecular weight is 425 g/mol. The summed E-state index contributed by atoms with van der Waals surface area (Å²) in [5.74, 6) is -0.456. The predicted molar refractivity (Wildman–Crippen MR) is 121 cm³/mol. The number of methoxy groups -OCH3 is 1. The van der Waals surface area contributed by atoms with Crippen LogP contribution in [0.25, 0.3) is 11.1 Å². The number of benzene rings is 3. The molecule has 1 heterocycles. The van der Waals surface area contributed by atoms with Crippen molar-refractivity contribution in [3.05, 3.63) is 107 Å². The van der Waals surface area contributed by atoms with Gasteiger partial charge in [0, 0.05) is 6.08 Å². The zero-order valence-electron chi connectivity index (χ0n) is 17.9. The van der Waals surface area contributed by atoms with Gasteiger partial charge >= 0.3 is 12.1 Å². The second kappa shape index (κ2) is 7.68. The van der Waals surface area contributed by atoms with E-state index in [0.717, 1.165) is 27.8 Å². The summed E-state index contributed by atoms with van der Waals surface area (Å²) in [4.78, 5) is 27.2. The summed E-state index contributed by atoms with van der Waals surface area (Å²) < 4.78 is 10.4. The molecule has 1 amide bonds. The maximum atomic E-state index is 13.4. The van der Waals surface area contributed by atoms with Crippen LogP contribution in [0.5, 0.6) is 0 Å². The molecule has 5 nitrogen and oxygen atoms in total. The average Bonchev–Trinajstić information content (AvgIpc) is 3.36. The van der Waals surface area contributed by atoms with Gasteiger partial charge in [0.25, 0.3) is 0 Å². The summed E-state index contributed by atoms with van der Waals surface area (Å²) >= 11 is 0. The van der Waals surface area contributed by atoms with Crippen LogP contribution in [0.1, 0.15) is 23.6 Å². The van der Waals surface area contributed by atoms with E-state index >= 15 is 0 Å². The molecule has 1 atom stereocenters. The highest BCUT2D eigenvalue weighted by atomic mass is 16.6. The van der Waals surface area contributed by atoms with E-state index < -0.39 is 23.6 Å². The molecule has 160 valence electrons. The summed E-state index contributed by atoms with van der Waals surface area (Å²) in [7, 11) is 1.34. The molecule has 1 aliphatic carbocycles. The lowest BCUT2D eigenvalue weighted by Gasteiger charge is -2.43. The van der Waals surface area contributed by atoms with Crippen molar-refractivity contribution in [1.82, 2.24) is 4.90 Å². The van der Waals surface area contributed by atoms with Crippen LogP contribution < -0.4 is 0 Å². The molecule has 3 aromatic rings. The second-order valence-corrected chi connectivity index (χ2v) is 8.04. The molecule has 1 fully saturated rings. The van der Waals surface area contributed by atoms with Crippen LogP contribution >= 0.6 is 0 Å². The summed E-state index contributed by atoms with van der Waals surface area (Å²) in [6.45, 7) is 2.00. The number of hydrogen-bond donors (Lipinski definition) is 0. The van der Waals surface area contributed by atoms with Crippen LogP contribution in [0.4, 0.5) is 4.79 Å². The molecule has 2 aliphatic rings. The fourth-order valence-corrected chi connectivity index (χ4v) is 5.07. The molecule has 0 radical (unpaired) electrons. The Kier molecular flexibility index (Phi) is 4.82. The molecule has 0 N–H and O–H groups in total. The fraction of sp³-hybridized carbons (Fsp3) is 0.185. The van der Waals surface area contributed by atoms with Crippen molar-refractivity contribution in [3.63, 3.8) is 0 Å². The molecule has 5 heteroatoms. The summed E-state index contributed by atoms with van der Waals surface area (Å²) in [6, 6.07) is 25.9. The highest BCUT2D eigenvalue weighted by molar-refractivity contribution is 5.87. The van der Waals surface area contributed by atoms with Gasteiger partial charge in [-0.2, -0.15) is 0 Å². The van der Waals surface area contributed by atoms with Gasteiger partial charge in [-0.1, -0.05) is 78.9 Å². The standard InChI is InChI=1S/C27H23NO4/c1-18(16-25(29)31-2)24-17-32-26(30)28(24)27(19-10-4-3-5-11-19)22-14-8-6-12-20(22)21-13-7-9-15-23(21)27/h3-16,24H,17H2,1-2H3/b18-16+. The minimum absolute atomic E-state index is 0.164. The van der Waals surface area contributed by atoms with Crippen molar-refractivity contribution in [3.8, 4) is 11.1 Å². The quantitative estimate of drug-likeness (QED) is 0.441. The van der Waals surface area contributed by atoms with Gasteiger partial charge in [-0.3, -0.25) is 4.90 Å². The number of amides is 1. The zero-order valence-corrected chi connectivity index (χ0v) is 17.9. The molecular formula is C27H23NO4. The molecule has 0 aromatic heterocycles. The molecule has 0 bridgehead atoms.